The van der Waals surface area contributed by atoms with Gasteiger partial charge < -0.3 is 14.1 Å². The van der Waals surface area contributed by atoms with E-state index in [1.807, 2.05) is 33.8 Å². The molecule has 0 saturated carbocycles. The minimum Gasteiger partial charge on any atom is -0.450 e. The molecule has 0 spiro atoms. The fourth-order valence-electron chi connectivity index (χ4n) is 4.32. The van der Waals surface area contributed by atoms with Crippen LogP contribution in [0.25, 0.3) is 11.0 Å². The second-order valence-corrected chi connectivity index (χ2v) is 8.32. The first-order valence-corrected chi connectivity index (χ1v) is 10.5. The van der Waals surface area contributed by atoms with Gasteiger partial charge in [0.2, 0.25) is 5.76 Å². The Hall–Kier alpha value is -2.99. The molecule has 1 unspecified atom stereocenters. The van der Waals surface area contributed by atoms with Crippen molar-refractivity contribution in [3.8, 4) is 0 Å². The van der Waals surface area contributed by atoms with Crippen LogP contribution in [0.15, 0.2) is 45.6 Å². The zero-order valence-corrected chi connectivity index (χ0v) is 18.2. The van der Waals surface area contributed by atoms with Gasteiger partial charge in [-0.25, -0.2) is 4.39 Å². The summed E-state index contributed by atoms with van der Waals surface area (Å²) >= 11 is 0. The maximum atomic E-state index is 14.8. The maximum Gasteiger partial charge on any atom is 0.290 e. The first kappa shape index (κ1) is 21.2. The molecule has 3 aromatic rings. The van der Waals surface area contributed by atoms with Gasteiger partial charge in [0.25, 0.3) is 5.91 Å². The standard InChI is InChI=1S/C25H26FNO4/c1-14(2)30-11-7-10-27-22(17-8-5-6-9-18(17)26)21-23(28)20-16(4)12-15(3)13-19(20)31-24(21)25(27)29/h5-6,8-9,12-14,22H,7,10-11H2,1-4H3. The fourth-order valence-corrected chi connectivity index (χ4v) is 4.32. The predicted molar refractivity (Wildman–Crippen MR) is 117 cm³/mol. The highest BCUT2D eigenvalue weighted by Crippen LogP contribution is 2.39. The summed E-state index contributed by atoms with van der Waals surface area (Å²) in [7, 11) is 0. The lowest BCUT2D eigenvalue weighted by Gasteiger charge is -2.25. The topological polar surface area (TPSA) is 59.8 Å². The van der Waals surface area contributed by atoms with Gasteiger partial charge in [0.15, 0.2) is 5.43 Å². The monoisotopic (exact) mass is 423 g/mol. The summed E-state index contributed by atoms with van der Waals surface area (Å²) in [6.07, 6.45) is 0.642. The van der Waals surface area contributed by atoms with Crippen molar-refractivity contribution < 1.29 is 18.3 Å². The molecule has 1 aromatic heterocycles. The van der Waals surface area contributed by atoms with Crippen molar-refractivity contribution >= 4 is 16.9 Å². The Bertz CT molecular complexity index is 1210. The van der Waals surface area contributed by atoms with Gasteiger partial charge in [0.1, 0.15) is 11.4 Å². The number of halogens is 1. The number of fused-ring (bicyclic) bond motifs is 2. The first-order valence-electron chi connectivity index (χ1n) is 10.5. The van der Waals surface area contributed by atoms with Crippen molar-refractivity contribution in [1.82, 2.24) is 4.90 Å². The van der Waals surface area contributed by atoms with Crippen LogP contribution in [0, 0.1) is 19.7 Å². The van der Waals surface area contributed by atoms with Crippen LogP contribution in [0.5, 0.6) is 0 Å². The highest BCUT2D eigenvalue weighted by molar-refractivity contribution is 5.99. The lowest BCUT2D eigenvalue weighted by Crippen LogP contribution is -2.32. The van der Waals surface area contributed by atoms with Gasteiger partial charge in [0.05, 0.1) is 23.1 Å². The molecule has 0 aliphatic carbocycles. The summed E-state index contributed by atoms with van der Waals surface area (Å²) in [5, 5.41) is 0.434. The second kappa shape index (κ2) is 8.27. The van der Waals surface area contributed by atoms with Crippen LogP contribution in [-0.4, -0.2) is 30.1 Å². The van der Waals surface area contributed by atoms with Crippen LogP contribution >= 0.6 is 0 Å². The van der Waals surface area contributed by atoms with Crippen LogP contribution in [-0.2, 0) is 4.74 Å². The van der Waals surface area contributed by atoms with Gasteiger partial charge in [-0.05, 0) is 57.4 Å². The maximum absolute atomic E-state index is 14.8. The fraction of sp³-hybridized carbons (Fsp3) is 0.360. The SMILES string of the molecule is Cc1cc(C)c2c(=O)c3c(oc2c1)C(=O)N(CCCOC(C)C)C3c1ccccc1F. The second-order valence-electron chi connectivity index (χ2n) is 8.32. The average Bonchev–Trinajstić information content (AvgIpc) is 2.97. The van der Waals surface area contributed by atoms with Gasteiger partial charge in [0, 0.05) is 18.7 Å². The van der Waals surface area contributed by atoms with Crippen LogP contribution in [0.2, 0.25) is 0 Å². The molecule has 31 heavy (non-hydrogen) atoms. The molecule has 5 nitrogen and oxygen atoms in total. The molecule has 0 radical (unpaired) electrons. The molecule has 1 amide bonds. The van der Waals surface area contributed by atoms with Crippen LogP contribution in [0.4, 0.5) is 4.39 Å². The summed E-state index contributed by atoms with van der Waals surface area (Å²) < 4.78 is 26.4. The summed E-state index contributed by atoms with van der Waals surface area (Å²) in [5.74, 6) is -0.858. The van der Waals surface area contributed by atoms with Gasteiger partial charge in [-0.3, -0.25) is 9.59 Å². The number of ether oxygens (including phenoxy) is 1. The Kier molecular flexibility index (Phi) is 5.67. The number of carbonyl (C=O) groups excluding carboxylic acids is 1. The van der Waals surface area contributed by atoms with Gasteiger partial charge in [-0.15, -0.1) is 0 Å². The van der Waals surface area contributed by atoms with E-state index in [0.29, 0.717) is 30.5 Å². The summed E-state index contributed by atoms with van der Waals surface area (Å²) in [6, 6.07) is 9.09. The quantitative estimate of drug-likeness (QED) is 0.529. The normalized spacial score (nSPS) is 15.9. The highest BCUT2D eigenvalue weighted by atomic mass is 19.1. The molecule has 1 aliphatic rings. The first-order chi connectivity index (χ1) is 14.8. The molecule has 4 rings (SSSR count). The number of rotatable bonds is 6. The molecular formula is C25H26FNO4. The molecule has 0 saturated heterocycles. The van der Waals surface area contributed by atoms with Crippen molar-refractivity contribution in [3.05, 3.63) is 80.5 Å². The minimum absolute atomic E-state index is 0.000492. The third-order valence-electron chi connectivity index (χ3n) is 5.61. The van der Waals surface area contributed by atoms with E-state index in [-0.39, 0.29) is 28.4 Å². The van der Waals surface area contributed by atoms with E-state index < -0.39 is 17.8 Å². The number of aryl methyl sites for hydroxylation is 2. The molecule has 0 bridgehead atoms. The molecule has 2 aromatic carbocycles. The number of hydrogen-bond donors (Lipinski definition) is 0. The van der Waals surface area contributed by atoms with Gasteiger partial charge in [-0.1, -0.05) is 24.3 Å². The van der Waals surface area contributed by atoms with Crippen molar-refractivity contribution in [1.29, 1.82) is 0 Å². The predicted octanol–water partition coefficient (Wildman–Crippen LogP) is 4.91. The summed E-state index contributed by atoms with van der Waals surface area (Å²) in [6.45, 7) is 8.42. The van der Waals surface area contributed by atoms with Gasteiger partial charge in [-0.2, -0.15) is 0 Å². The zero-order valence-electron chi connectivity index (χ0n) is 18.2. The van der Waals surface area contributed by atoms with E-state index in [0.717, 1.165) is 11.1 Å². The molecular weight excluding hydrogens is 397 g/mol. The van der Waals surface area contributed by atoms with Crippen molar-refractivity contribution in [3.63, 3.8) is 0 Å². The Labute approximate surface area is 180 Å². The molecule has 1 aliphatic heterocycles. The molecule has 6 heteroatoms. The minimum atomic E-state index is -0.830. The van der Waals surface area contributed by atoms with Crippen molar-refractivity contribution in [2.75, 3.05) is 13.2 Å². The van der Waals surface area contributed by atoms with E-state index in [9.17, 15) is 14.0 Å². The van der Waals surface area contributed by atoms with Gasteiger partial charge >= 0.3 is 0 Å². The average molecular weight is 423 g/mol. The number of carbonyl (C=O) groups is 1. The van der Waals surface area contributed by atoms with Crippen LogP contribution < -0.4 is 5.43 Å². The molecule has 162 valence electrons. The number of nitrogens with zero attached hydrogens (tertiary/aromatic N) is 1. The Morgan fingerprint density at radius 3 is 2.61 bits per heavy atom. The third kappa shape index (κ3) is 3.76. The summed E-state index contributed by atoms with van der Waals surface area (Å²) in [4.78, 5) is 28.4. The van der Waals surface area contributed by atoms with E-state index >= 15 is 0 Å². The lowest BCUT2D eigenvalue weighted by molar-refractivity contribution is 0.0592. The van der Waals surface area contributed by atoms with Crippen molar-refractivity contribution in [2.24, 2.45) is 0 Å². The van der Waals surface area contributed by atoms with E-state index in [1.54, 1.807) is 24.3 Å². The number of benzene rings is 2. The smallest absolute Gasteiger partial charge is 0.290 e. The Morgan fingerprint density at radius 1 is 1.16 bits per heavy atom. The van der Waals surface area contributed by atoms with E-state index in [2.05, 4.69) is 0 Å². The van der Waals surface area contributed by atoms with Crippen molar-refractivity contribution in [2.45, 2.75) is 46.3 Å². The lowest BCUT2D eigenvalue weighted by atomic mass is 9.96. The zero-order chi connectivity index (χ0) is 22.3. The number of hydrogen-bond acceptors (Lipinski definition) is 4. The Morgan fingerprint density at radius 2 is 1.90 bits per heavy atom. The van der Waals surface area contributed by atoms with Crippen LogP contribution in [0.3, 0.4) is 0 Å². The third-order valence-corrected chi connectivity index (χ3v) is 5.61. The molecule has 1 atom stereocenters. The Balaban J connectivity index is 1.87. The van der Waals surface area contributed by atoms with Crippen LogP contribution in [0.1, 0.15) is 59.1 Å². The number of amides is 1. The molecule has 2 heterocycles. The van der Waals surface area contributed by atoms with E-state index in [4.69, 9.17) is 9.15 Å². The largest absolute Gasteiger partial charge is 0.450 e. The van der Waals surface area contributed by atoms with E-state index in [1.165, 1.54) is 11.0 Å². The summed E-state index contributed by atoms with van der Waals surface area (Å²) in [5.41, 5.74) is 2.31. The molecule has 0 fully saturated rings. The highest BCUT2D eigenvalue weighted by Gasteiger charge is 2.43. The molecule has 0 N–H and O–H groups in total.